The number of carbonyl (C=O) groups excluding carboxylic acids is 2. The van der Waals surface area contributed by atoms with Gasteiger partial charge in [-0.2, -0.15) is 0 Å². The van der Waals surface area contributed by atoms with Crippen molar-refractivity contribution in [2.24, 2.45) is 0 Å². The number of aliphatic hydroxyl groups is 1. The lowest BCUT2D eigenvalue weighted by Gasteiger charge is -2.43. The number of hydrogen-bond acceptors (Lipinski definition) is 4. The Morgan fingerprint density at radius 1 is 1.56 bits per heavy atom. The van der Waals surface area contributed by atoms with Gasteiger partial charge in [0, 0.05) is 20.0 Å². The predicted molar refractivity (Wildman–Crippen MR) is 65.9 cm³/mol. The van der Waals surface area contributed by atoms with Crippen LogP contribution in [0.2, 0.25) is 0 Å². The molecular weight excluding hydrogens is 236 g/mol. The second-order valence-electron chi connectivity index (χ2n) is 5.32. The summed E-state index contributed by atoms with van der Waals surface area (Å²) in [5, 5.41) is 11.7. The fourth-order valence-electron chi connectivity index (χ4n) is 2.20. The standard InChI is InChI=1S/C12H22N2O4/c1-8(13-9(2)16)11(17)14-5-10(6-15)18-12(3,4)7-14/h8,10,15H,5-7H2,1-4H3,(H,13,16). The Kier molecular flexibility index (Phi) is 4.70. The third-order valence-electron chi connectivity index (χ3n) is 2.79. The quantitative estimate of drug-likeness (QED) is 0.716. The van der Waals surface area contributed by atoms with E-state index in [0.29, 0.717) is 13.1 Å². The lowest BCUT2D eigenvalue weighted by molar-refractivity contribution is -0.168. The molecule has 2 amide bonds. The Bertz CT molecular complexity index is 330. The molecule has 0 bridgehead atoms. The van der Waals surface area contributed by atoms with Crippen molar-refractivity contribution < 1.29 is 19.4 Å². The Labute approximate surface area is 107 Å². The number of aliphatic hydroxyl groups excluding tert-OH is 1. The monoisotopic (exact) mass is 258 g/mol. The van der Waals surface area contributed by atoms with Gasteiger partial charge in [-0.1, -0.05) is 0 Å². The van der Waals surface area contributed by atoms with Crippen LogP contribution in [-0.2, 0) is 14.3 Å². The van der Waals surface area contributed by atoms with Crippen LogP contribution in [0.25, 0.3) is 0 Å². The summed E-state index contributed by atoms with van der Waals surface area (Å²) in [5.41, 5.74) is -0.489. The van der Waals surface area contributed by atoms with Crippen molar-refractivity contribution in [2.75, 3.05) is 19.7 Å². The molecule has 104 valence electrons. The highest BCUT2D eigenvalue weighted by atomic mass is 16.5. The lowest BCUT2D eigenvalue weighted by atomic mass is 10.0. The van der Waals surface area contributed by atoms with E-state index in [-0.39, 0.29) is 24.5 Å². The average molecular weight is 258 g/mol. The lowest BCUT2D eigenvalue weighted by Crippen LogP contribution is -2.58. The molecule has 6 nitrogen and oxygen atoms in total. The number of nitrogens with one attached hydrogen (secondary N) is 1. The van der Waals surface area contributed by atoms with Crippen LogP contribution >= 0.6 is 0 Å². The molecule has 0 aliphatic carbocycles. The number of ether oxygens (including phenoxy) is 1. The first kappa shape index (κ1) is 14.9. The summed E-state index contributed by atoms with van der Waals surface area (Å²) < 4.78 is 5.63. The molecule has 0 radical (unpaired) electrons. The fraction of sp³-hybridized carbons (Fsp3) is 0.833. The summed E-state index contributed by atoms with van der Waals surface area (Å²) in [5.74, 6) is -0.387. The maximum atomic E-state index is 12.2. The zero-order valence-electron chi connectivity index (χ0n) is 11.4. The summed E-state index contributed by atoms with van der Waals surface area (Å²) in [6.07, 6.45) is -0.373. The average Bonchev–Trinajstić information content (AvgIpc) is 2.24. The third-order valence-corrected chi connectivity index (χ3v) is 2.79. The number of hydrogen-bond donors (Lipinski definition) is 2. The van der Waals surface area contributed by atoms with E-state index in [0.717, 1.165) is 0 Å². The first-order valence-corrected chi connectivity index (χ1v) is 6.10. The first-order valence-electron chi connectivity index (χ1n) is 6.10. The normalized spacial score (nSPS) is 24.5. The second-order valence-corrected chi connectivity index (χ2v) is 5.32. The van der Waals surface area contributed by atoms with Crippen LogP contribution in [0.3, 0.4) is 0 Å². The van der Waals surface area contributed by atoms with Crippen LogP contribution in [0.4, 0.5) is 0 Å². The van der Waals surface area contributed by atoms with Crippen molar-refractivity contribution in [2.45, 2.75) is 45.4 Å². The molecule has 2 unspecified atom stereocenters. The van der Waals surface area contributed by atoms with E-state index < -0.39 is 11.6 Å². The molecule has 6 heteroatoms. The fourth-order valence-corrected chi connectivity index (χ4v) is 2.20. The maximum absolute atomic E-state index is 12.2. The molecular formula is C12H22N2O4. The van der Waals surface area contributed by atoms with Crippen molar-refractivity contribution >= 4 is 11.8 Å². The second kappa shape index (κ2) is 5.67. The zero-order chi connectivity index (χ0) is 13.9. The zero-order valence-corrected chi connectivity index (χ0v) is 11.4. The largest absolute Gasteiger partial charge is 0.394 e. The van der Waals surface area contributed by atoms with E-state index >= 15 is 0 Å². The number of amides is 2. The van der Waals surface area contributed by atoms with Gasteiger partial charge < -0.3 is 20.1 Å². The van der Waals surface area contributed by atoms with Gasteiger partial charge in [0.1, 0.15) is 6.04 Å². The molecule has 1 heterocycles. The number of carbonyl (C=O) groups is 2. The van der Waals surface area contributed by atoms with Gasteiger partial charge in [-0.3, -0.25) is 9.59 Å². The minimum Gasteiger partial charge on any atom is -0.394 e. The van der Waals surface area contributed by atoms with Crippen LogP contribution in [-0.4, -0.2) is 59.3 Å². The number of morpholine rings is 1. The molecule has 2 atom stereocenters. The highest BCUT2D eigenvalue weighted by Crippen LogP contribution is 2.21. The van der Waals surface area contributed by atoms with Gasteiger partial charge in [0.2, 0.25) is 11.8 Å². The molecule has 0 spiro atoms. The van der Waals surface area contributed by atoms with E-state index in [2.05, 4.69) is 5.32 Å². The Morgan fingerprint density at radius 2 is 2.17 bits per heavy atom. The van der Waals surface area contributed by atoms with Crippen LogP contribution < -0.4 is 5.32 Å². The summed E-state index contributed by atoms with van der Waals surface area (Å²) in [6.45, 7) is 7.46. The van der Waals surface area contributed by atoms with Gasteiger partial charge in [0.25, 0.3) is 0 Å². The Morgan fingerprint density at radius 3 is 2.67 bits per heavy atom. The van der Waals surface area contributed by atoms with E-state index in [9.17, 15) is 14.7 Å². The topological polar surface area (TPSA) is 78.9 Å². The van der Waals surface area contributed by atoms with Crippen molar-refractivity contribution in [1.82, 2.24) is 10.2 Å². The van der Waals surface area contributed by atoms with E-state index in [1.165, 1.54) is 6.92 Å². The van der Waals surface area contributed by atoms with Crippen molar-refractivity contribution in [3.8, 4) is 0 Å². The van der Waals surface area contributed by atoms with Gasteiger partial charge in [-0.05, 0) is 20.8 Å². The van der Waals surface area contributed by atoms with E-state index in [1.807, 2.05) is 13.8 Å². The van der Waals surface area contributed by atoms with Gasteiger partial charge in [0.05, 0.1) is 18.3 Å². The molecule has 0 aromatic carbocycles. The first-order chi connectivity index (χ1) is 8.25. The molecule has 18 heavy (non-hydrogen) atoms. The molecule has 1 rings (SSSR count). The highest BCUT2D eigenvalue weighted by Gasteiger charge is 2.36. The Balaban J connectivity index is 2.69. The van der Waals surface area contributed by atoms with Crippen molar-refractivity contribution in [3.05, 3.63) is 0 Å². The molecule has 1 aliphatic heterocycles. The molecule has 1 fully saturated rings. The highest BCUT2D eigenvalue weighted by molar-refractivity contribution is 5.86. The van der Waals surface area contributed by atoms with Crippen LogP contribution in [0.1, 0.15) is 27.7 Å². The molecule has 1 saturated heterocycles. The summed E-state index contributed by atoms with van der Waals surface area (Å²) in [6, 6.07) is -0.559. The number of rotatable bonds is 3. The van der Waals surface area contributed by atoms with Gasteiger partial charge >= 0.3 is 0 Å². The molecule has 0 aromatic heterocycles. The van der Waals surface area contributed by atoms with Gasteiger partial charge in [0.15, 0.2) is 0 Å². The molecule has 0 aromatic rings. The summed E-state index contributed by atoms with van der Waals surface area (Å²) >= 11 is 0. The smallest absolute Gasteiger partial charge is 0.245 e. The molecule has 2 N–H and O–H groups in total. The van der Waals surface area contributed by atoms with Gasteiger partial charge in [-0.15, -0.1) is 0 Å². The maximum Gasteiger partial charge on any atom is 0.245 e. The predicted octanol–water partition coefficient (Wildman–Crippen LogP) is -0.491. The summed E-state index contributed by atoms with van der Waals surface area (Å²) in [4.78, 5) is 24.7. The van der Waals surface area contributed by atoms with E-state index in [4.69, 9.17) is 4.74 Å². The third kappa shape index (κ3) is 3.96. The Hall–Kier alpha value is -1.14. The minimum absolute atomic E-state index is 0.123. The SMILES string of the molecule is CC(=O)NC(C)C(=O)N1CC(CO)OC(C)(C)C1. The van der Waals surface area contributed by atoms with Crippen LogP contribution in [0.5, 0.6) is 0 Å². The van der Waals surface area contributed by atoms with E-state index in [1.54, 1.807) is 11.8 Å². The van der Waals surface area contributed by atoms with Gasteiger partial charge in [-0.25, -0.2) is 0 Å². The summed E-state index contributed by atoms with van der Waals surface area (Å²) in [7, 11) is 0. The molecule has 1 aliphatic rings. The molecule has 0 saturated carbocycles. The number of nitrogens with zero attached hydrogens (tertiary/aromatic N) is 1. The minimum atomic E-state index is -0.559. The van der Waals surface area contributed by atoms with Crippen molar-refractivity contribution in [1.29, 1.82) is 0 Å². The van der Waals surface area contributed by atoms with Crippen LogP contribution in [0.15, 0.2) is 0 Å². The van der Waals surface area contributed by atoms with Crippen LogP contribution in [0, 0.1) is 0 Å². The van der Waals surface area contributed by atoms with Crippen molar-refractivity contribution in [3.63, 3.8) is 0 Å².